The van der Waals surface area contributed by atoms with Crippen LogP contribution >= 0.6 is 0 Å². The highest BCUT2D eigenvalue weighted by Crippen LogP contribution is 2.38. The zero-order valence-corrected chi connectivity index (χ0v) is 7.63. The molecule has 0 bridgehead atoms. The Balaban J connectivity index is 3.26. The summed E-state index contributed by atoms with van der Waals surface area (Å²) in [6.07, 6.45) is -3.99. The molecule has 0 aliphatic carbocycles. The van der Waals surface area contributed by atoms with Gasteiger partial charge in [-0.25, -0.2) is 4.79 Å². The van der Waals surface area contributed by atoms with Crippen molar-refractivity contribution in [2.45, 2.75) is 11.8 Å². The number of aromatic amines is 1. The number of alkyl halides is 3. The highest BCUT2D eigenvalue weighted by Gasteiger charge is 2.62. The van der Waals surface area contributed by atoms with Crippen molar-refractivity contribution >= 4 is 5.97 Å². The highest BCUT2D eigenvalue weighted by atomic mass is 19.4. The van der Waals surface area contributed by atoms with Crippen LogP contribution in [0, 0.1) is 0 Å². The number of esters is 1. The third-order valence-corrected chi connectivity index (χ3v) is 1.88. The molecule has 0 saturated carbocycles. The van der Waals surface area contributed by atoms with Crippen LogP contribution in [0.3, 0.4) is 0 Å². The van der Waals surface area contributed by atoms with Crippen molar-refractivity contribution in [3.05, 3.63) is 24.0 Å². The van der Waals surface area contributed by atoms with Crippen molar-refractivity contribution in [2.75, 3.05) is 7.11 Å². The standard InChI is InChI=1S/C8H8F3NO3/c1-15-6(13)7(14,8(9,10)11)5-3-2-4-12-5/h2-4,12,14H,1H3. The van der Waals surface area contributed by atoms with Crippen molar-refractivity contribution in [3.8, 4) is 0 Å². The maximum atomic E-state index is 12.5. The molecule has 0 spiro atoms. The molecule has 15 heavy (non-hydrogen) atoms. The molecule has 2 N–H and O–H groups in total. The number of aromatic nitrogens is 1. The van der Waals surface area contributed by atoms with Crippen LogP contribution in [-0.2, 0) is 15.1 Å². The SMILES string of the molecule is COC(=O)C(O)(c1ccc[nH]1)C(F)(F)F. The van der Waals surface area contributed by atoms with E-state index in [0.29, 0.717) is 0 Å². The van der Waals surface area contributed by atoms with Gasteiger partial charge < -0.3 is 14.8 Å². The molecule has 84 valence electrons. The molecule has 0 radical (unpaired) electrons. The van der Waals surface area contributed by atoms with E-state index in [4.69, 9.17) is 0 Å². The molecular formula is C8H8F3NO3. The van der Waals surface area contributed by atoms with Crippen LogP contribution in [0.4, 0.5) is 13.2 Å². The van der Waals surface area contributed by atoms with E-state index in [1.807, 2.05) is 0 Å². The van der Waals surface area contributed by atoms with Gasteiger partial charge in [-0.1, -0.05) is 0 Å². The van der Waals surface area contributed by atoms with Gasteiger partial charge in [0.25, 0.3) is 5.60 Å². The summed E-state index contributed by atoms with van der Waals surface area (Å²) >= 11 is 0. The molecule has 1 atom stereocenters. The van der Waals surface area contributed by atoms with Crippen LogP contribution in [-0.4, -0.2) is 29.3 Å². The number of methoxy groups -OCH3 is 1. The Labute approximate surface area is 82.7 Å². The third-order valence-electron chi connectivity index (χ3n) is 1.88. The zero-order chi connectivity index (χ0) is 11.7. The molecule has 1 rings (SSSR count). The van der Waals surface area contributed by atoms with E-state index < -0.39 is 23.4 Å². The number of H-pyrrole nitrogens is 1. The average molecular weight is 223 g/mol. The number of hydrogen-bond acceptors (Lipinski definition) is 3. The predicted molar refractivity (Wildman–Crippen MR) is 42.8 cm³/mol. The summed E-state index contributed by atoms with van der Waals surface area (Å²) in [6.45, 7) is 0. The minimum atomic E-state index is -5.15. The molecule has 7 heteroatoms. The largest absolute Gasteiger partial charge is 0.466 e. The van der Waals surface area contributed by atoms with Crippen molar-refractivity contribution in [3.63, 3.8) is 0 Å². The van der Waals surface area contributed by atoms with Crippen molar-refractivity contribution < 1.29 is 27.8 Å². The first-order chi connectivity index (χ1) is 6.84. The predicted octanol–water partition coefficient (Wildman–Crippen LogP) is 0.938. The van der Waals surface area contributed by atoms with E-state index in [9.17, 15) is 23.1 Å². The van der Waals surface area contributed by atoms with Gasteiger partial charge >= 0.3 is 12.1 Å². The maximum Gasteiger partial charge on any atom is 0.434 e. The summed E-state index contributed by atoms with van der Waals surface area (Å²) in [5.74, 6) is -1.78. The van der Waals surface area contributed by atoms with Gasteiger partial charge in [-0.15, -0.1) is 0 Å². The number of carbonyl (C=O) groups is 1. The Bertz CT molecular complexity index is 347. The Kier molecular flexibility index (Phi) is 2.76. The molecule has 0 aromatic carbocycles. The van der Waals surface area contributed by atoms with Gasteiger partial charge in [0.15, 0.2) is 0 Å². The first kappa shape index (κ1) is 11.6. The number of nitrogens with one attached hydrogen (secondary N) is 1. The van der Waals surface area contributed by atoms with Crippen molar-refractivity contribution in [1.82, 2.24) is 4.98 Å². The van der Waals surface area contributed by atoms with Crippen LogP contribution in [0.1, 0.15) is 5.69 Å². The molecule has 4 nitrogen and oxygen atoms in total. The van der Waals surface area contributed by atoms with Gasteiger partial charge in [-0.05, 0) is 12.1 Å². The topological polar surface area (TPSA) is 62.3 Å². The van der Waals surface area contributed by atoms with E-state index in [1.165, 1.54) is 6.07 Å². The molecular weight excluding hydrogens is 215 g/mol. The Morgan fingerprint density at radius 3 is 2.47 bits per heavy atom. The average Bonchev–Trinajstić information content (AvgIpc) is 2.66. The molecule has 0 saturated heterocycles. The highest BCUT2D eigenvalue weighted by molar-refractivity contribution is 5.81. The van der Waals surface area contributed by atoms with E-state index in [-0.39, 0.29) is 0 Å². The van der Waals surface area contributed by atoms with E-state index >= 15 is 0 Å². The minimum absolute atomic E-state index is 0.679. The van der Waals surface area contributed by atoms with Gasteiger partial charge in [-0.3, -0.25) is 0 Å². The van der Waals surface area contributed by atoms with Crippen LogP contribution in [0.5, 0.6) is 0 Å². The van der Waals surface area contributed by atoms with E-state index in [0.717, 1.165) is 19.4 Å². The Morgan fingerprint density at radius 1 is 1.53 bits per heavy atom. The summed E-state index contributed by atoms with van der Waals surface area (Å²) in [5, 5.41) is 9.35. The molecule has 0 aliphatic rings. The summed E-state index contributed by atoms with van der Waals surface area (Å²) in [6, 6.07) is 2.18. The summed E-state index contributed by atoms with van der Waals surface area (Å²) < 4.78 is 41.5. The van der Waals surface area contributed by atoms with Crippen LogP contribution in [0.15, 0.2) is 18.3 Å². The summed E-state index contributed by atoms with van der Waals surface area (Å²) in [4.78, 5) is 13.1. The number of aliphatic hydroxyl groups is 1. The lowest BCUT2D eigenvalue weighted by molar-refractivity contribution is -0.268. The fourth-order valence-electron chi connectivity index (χ4n) is 1.08. The summed E-state index contributed by atoms with van der Waals surface area (Å²) in [7, 11) is 0.766. The number of rotatable bonds is 2. The lowest BCUT2D eigenvalue weighted by Gasteiger charge is -2.26. The summed E-state index contributed by atoms with van der Waals surface area (Å²) in [5.41, 5.74) is -4.33. The van der Waals surface area contributed by atoms with E-state index in [2.05, 4.69) is 9.72 Å². The fraction of sp³-hybridized carbons (Fsp3) is 0.375. The van der Waals surface area contributed by atoms with Gasteiger partial charge in [0, 0.05) is 6.20 Å². The second-order valence-corrected chi connectivity index (χ2v) is 2.78. The zero-order valence-electron chi connectivity index (χ0n) is 7.63. The molecule has 0 amide bonds. The fourth-order valence-corrected chi connectivity index (χ4v) is 1.08. The quantitative estimate of drug-likeness (QED) is 0.733. The van der Waals surface area contributed by atoms with Gasteiger partial charge in [0.2, 0.25) is 0 Å². The van der Waals surface area contributed by atoms with Gasteiger partial charge in [0.1, 0.15) is 0 Å². The second-order valence-electron chi connectivity index (χ2n) is 2.78. The van der Waals surface area contributed by atoms with Gasteiger partial charge in [0.05, 0.1) is 12.8 Å². The monoisotopic (exact) mass is 223 g/mol. The number of halogens is 3. The first-order valence-electron chi connectivity index (χ1n) is 3.85. The van der Waals surface area contributed by atoms with Crippen LogP contribution in [0.2, 0.25) is 0 Å². The smallest absolute Gasteiger partial charge is 0.434 e. The first-order valence-corrected chi connectivity index (χ1v) is 3.85. The minimum Gasteiger partial charge on any atom is -0.466 e. The number of carbonyl (C=O) groups excluding carboxylic acids is 1. The lowest BCUT2D eigenvalue weighted by atomic mass is 9.99. The van der Waals surface area contributed by atoms with Crippen LogP contribution in [0.25, 0.3) is 0 Å². The van der Waals surface area contributed by atoms with Gasteiger partial charge in [-0.2, -0.15) is 13.2 Å². The molecule has 1 aromatic heterocycles. The van der Waals surface area contributed by atoms with Crippen LogP contribution < -0.4 is 0 Å². The Hall–Kier alpha value is -1.50. The second kappa shape index (κ2) is 3.58. The molecule has 1 unspecified atom stereocenters. The third kappa shape index (κ3) is 1.70. The molecule has 1 aromatic rings. The van der Waals surface area contributed by atoms with E-state index in [1.54, 1.807) is 0 Å². The number of hydrogen-bond donors (Lipinski definition) is 2. The molecule has 0 fully saturated rings. The lowest BCUT2D eigenvalue weighted by Crippen LogP contribution is -2.50. The molecule has 1 heterocycles. The normalized spacial score (nSPS) is 15.8. The maximum absolute atomic E-state index is 12.5. The number of ether oxygens (including phenoxy) is 1. The molecule has 0 aliphatic heterocycles. The van der Waals surface area contributed by atoms with Crippen molar-refractivity contribution in [1.29, 1.82) is 0 Å². The van der Waals surface area contributed by atoms with Crippen molar-refractivity contribution in [2.24, 2.45) is 0 Å². The Morgan fingerprint density at radius 2 is 2.13 bits per heavy atom.